The Morgan fingerprint density at radius 2 is 1.94 bits per heavy atom. The number of nitrogens with zero attached hydrogens (tertiary/aromatic N) is 2. The summed E-state index contributed by atoms with van der Waals surface area (Å²) < 4.78 is 6.18. The normalized spacial score (nSPS) is 23.6. The molecule has 4 atom stereocenters. The maximum absolute atomic E-state index is 13.7. The van der Waals surface area contributed by atoms with E-state index in [1.807, 2.05) is 36.4 Å². The summed E-state index contributed by atoms with van der Waals surface area (Å²) >= 11 is 0. The molecule has 1 saturated heterocycles. The van der Waals surface area contributed by atoms with Gasteiger partial charge in [-0.1, -0.05) is 50.1 Å². The van der Waals surface area contributed by atoms with Gasteiger partial charge in [0, 0.05) is 18.0 Å². The third kappa shape index (κ3) is 4.65. The number of nitrogens with one attached hydrogen (secondary N) is 1. The molecule has 2 fully saturated rings. The van der Waals surface area contributed by atoms with E-state index in [0.29, 0.717) is 17.2 Å². The van der Waals surface area contributed by atoms with Gasteiger partial charge in [-0.25, -0.2) is 14.8 Å². The molecular weight excluding hydrogens is 390 g/mol. The minimum atomic E-state index is -1.65. The standard InChI is InChI=1S/C25H33N3O3/c1-18(19-8-7-14-26-16-19)23(22-13-15-27-17-28-22)31-24(29)25(30,21-11-5-6-12-21)20-9-3-2-4-10-20/h2-4,9-10,13,15,17-19,21,23,26,30H,5-8,11-12,14,16H2,1H3/t18?,19-,23?,25?/m0/s1. The van der Waals surface area contributed by atoms with E-state index in [9.17, 15) is 9.90 Å². The fourth-order valence-corrected chi connectivity index (χ4v) is 5.24. The number of piperidine rings is 1. The topological polar surface area (TPSA) is 84.3 Å². The number of carbonyl (C=O) groups excluding carboxylic acids is 1. The van der Waals surface area contributed by atoms with Crippen LogP contribution in [0.2, 0.25) is 0 Å². The van der Waals surface area contributed by atoms with Crippen molar-refractivity contribution in [2.24, 2.45) is 17.8 Å². The number of carbonyl (C=O) groups is 1. The molecule has 1 aliphatic carbocycles. The first kappa shape index (κ1) is 21.9. The number of ether oxygens (including phenoxy) is 1. The lowest BCUT2D eigenvalue weighted by Crippen LogP contribution is -2.45. The average Bonchev–Trinajstić information content (AvgIpc) is 3.39. The first-order valence-electron chi connectivity index (χ1n) is 11.6. The van der Waals surface area contributed by atoms with Gasteiger partial charge in [-0.15, -0.1) is 0 Å². The molecule has 2 N–H and O–H groups in total. The molecule has 4 rings (SSSR count). The van der Waals surface area contributed by atoms with E-state index in [-0.39, 0.29) is 11.8 Å². The van der Waals surface area contributed by atoms with E-state index >= 15 is 0 Å². The molecule has 1 aromatic carbocycles. The minimum absolute atomic E-state index is 0.0650. The van der Waals surface area contributed by atoms with Crippen LogP contribution in [0.3, 0.4) is 0 Å². The Bertz CT molecular complexity index is 836. The molecule has 31 heavy (non-hydrogen) atoms. The highest BCUT2D eigenvalue weighted by atomic mass is 16.6. The summed E-state index contributed by atoms with van der Waals surface area (Å²) in [4.78, 5) is 22.1. The lowest BCUT2D eigenvalue weighted by Gasteiger charge is -2.37. The lowest BCUT2D eigenvalue weighted by atomic mass is 9.79. The smallest absolute Gasteiger partial charge is 0.343 e. The number of benzene rings is 1. The molecule has 166 valence electrons. The molecule has 1 saturated carbocycles. The highest BCUT2D eigenvalue weighted by molar-refractivity contribution is 5.82. The van der Waals surface area contributed by atoms with Crippen molar-refractivity contribution < 1.29 is 14.6 Å². The van der Waals surface area contributed by atoms with Crippen LogP contribution in [0.4, 0.5) is 0 Å². The SMILES string of the molecule is CC(C(OC(=O)C(O)(c1ccccc1)C1CCCC1)c1ccncn1)[C@H]1CCCNC1. The maximum atomic E-state index is 13.7. The molecule has 2 aliphatic rings. The second-order valence-corrected chi connectivity index (χ2v) is 9.04. The van der Waals surface area contributed by atoms with E-state index in [1.54, 1.807) is 6.20 Å². The molecule has 0 radical (unpaired) electrons. The van der Waals surface area contributed by atoms with Gasteiger partial charge in [-0.05, 0) is 56.3 Å². The molecular formula is C25H33N3O3. The molecule has 6 heteroatoms. The maximum Gasteiger partial charge on any atom is 0.343 e. The highest BCUT2D eigenvalue weighted by Crippen LogP contribution is 2.43. The zero-order valence-corrected chi connectivity index (χ0v) is 18.2. The first-order valence-corrected chi connectivity index (χ1v) is 11.6. The van der Waals surface area contributed by atoms with E-state index in [4.69, 9.17) is 4.74 Å². The third-order valence-corrected chi connectivity index (χ3v) is 7.16. The van der Waals surface area contributed by atoms with Crippen molar-refractivity contribution in [3.05, 3.63) is 60.2 Å². The number of rotatable bonds is 7. The van der Waals surface area contributed by atoms with Crippen molar-refractivity contribution in [1.82, 2.24) is 15.3 Å². The van der Waals surface area contributed by atoms with E-state index in [0.717, 1.165) is 51.6 Å². The van der Waals surface area contributed by atoms with Gasteiger partial charge in [0.05, 0.1) is 5.69 Å². The molecule has 1 aliphatic heterocycles. The molecule has 0 bridgehead atoms. The molecule has 2 aromatic rings. The quantitative estimate of drug-likeness (QED) is 0.660. The Hall–Kier alpha value is -2.31. The van der Waals surface area contributed by atoms with Crippen LogP contribution in [0.15, 0.2) is 48.9 Å². The summed E-state index contributed by atoms with van der Waals surface area (Å²) in [6, 6.07) is 11.1. The van der Waals surface area contributed by atoms with Crippen molar-refractivity contribution in [2.45, 2.75) is 57.2 Å². The van der Waals surface area contributed by atoms with Crippen molar-refractivity contribution in [1.29, 1.82) is 0 Å². The van der Waals surface area contributed by atoms with Crippen LogP contribution in [0, 0.1) is 17.8 Å². The van der Waals surface area contributed by atoms with Crippen LogP contribution >= 0.6 is 0 Å². The summed E-state index contributed by atoms with van der Waals surface area (Å²) in [6.07, 6.45) is 8.50. The molecule has 1 aromatic heterocycles. The zero-order valence-electron chi connectivity index (χ0n) is 18.2. The van der Waals surface area contributed by atoms with Crippen LogP contribution in [0.5, 0.6) is 0 Å². The van der Waals surface area contributed by atoms with Crippen LogP contribution in [0.25, 0.3) is 0 Å². The van der Waals surface area contributed by atoms with Crippen molar-refractivity contribution >= 4 is 5.97 Å². The summed E-state index contributed by atoms with van der Waals surface area (Å²) in [7, 11) is 0. The summed E-state index contributed by atoms with van der Waals surface area (Å²) in [5.41, 5.74) is -0.350. The summed E-state index contributed by atoms with van der Waals surface area (Å²) in [5.74, 6) is -0.266. The van der Waals surface area contributed by atoms with E-state index < -0.39 is 17.7 Å². The van der Waals surface area contributed by atoms with Gasteiger partial charge >= 0.3 is 5.97 Å². The predicted molar refractivity (Wildman–Crippen MR) is 118 cm³/mol. The van der Waals surface area contributed by atoms with Gasteiger partial charge in [0.2, 0.25) is 0 Å². The second kappa shape index (κ2) is 9.88. The van der Waals surface area contributed by atoms with Crippen LogP contribution < -0.4 is 5.32 Å². The zero-order chi connectivity index (χ0) is 21.7. The average molecular weight is 424 g/mol. The Balaban J connectivity index is 1.64. The number of hydrogen-bond acceptors (Lipinski definition) is 6. The van der Waals surface area contributed by atoms with E-state index in [1.165, 1.54) is 6.33 Å². The Kier molecular flexibility index (Phi) is 6.98. The fraction of sp³-hybridized carbons (Fsp3) is 0.560. The Labute approximate surface area is 184 Å². The predicted octanol–water partition coefficient (Wildman–Crippen LogP) is 3.77. The molecule has 3 unspecified atom stereocenters. The van der Waals surface area contributed by atoms with Gasteiger partial charge < -0.3 is 15.2 Å². The van der Waals surface area contributed by atoms with Crippen molar-refractivity contribution in [3.8, 4) is 0 Å². The third-order valence-electron chi connectivity index (χ3n) is 7.16. The number of aromatic nitrogens is 2. The number of hydrogen-bond donors (Lipinski definition) is 2. The Morgan fingerprint density at radius 1 is 1.16 bits per heavy atom. The number of aliphatic hydroxyl groups is 1. The second-order valence-electron chi connectivity index (χ2n) is 9.04. The van der Waals surface area contributed by atoms with Gasteiger partial charge in [-0.2, -0.15) is 0 Å². The van der Waals surface area contributed by atoms with Crippen molar-refractivity contribution in [2.75, 3.05) is 13.1 Å². The first-order chi connectivity index (χ1) is 15.1. The van der Waals surface area contributed by atoms with E-state index in [2.05, 4.69) is 22.2 Å². The largest absolute Gasteiger partial charge is 0.453 e. The van der Waals surface area contributed by atoms with Crippen molar-refractivity contribution in [3.63, 3.8) is 0 Å². The van der Waals surface area contributed by atoms with Gasteiger partial charge in [0.15, 0.2) is 5.60 Å². The van der Waals surface area contributed by atoms with Gasteiger partial charge in [0.25, 0.3) is 0 Å². The molecule has 0 amide bonds. The van der Waals surface area contributed by atoms with Gasteiger partial charge in [-0.3, -0.25) is 0 Å². The summed E-state index contributed by atoms with van der Waals surface area (Å²) in [5, 5.41) is 15.3. The highest BCUT2D eigenvalue weighted by Gasteiger charge is 2.49. The van der Waals surface area contributed by atoms with Crippen LogP contribution in [0.1, 0.15) is 62.8 Å². The van der Waals surface area contributed by atoms with Crippen LogP contribution in [-0.2, 0) is 15.1 Å². The van der Waals surface area contributed by atoms with Gasteiger partial charge in [0.1, 0.15) is 12.4 Å². The minimum Gasteiger partial charge on any atom is -0.453 e. The fourth-order valence-electron chi connectivity index (χ4n) is 5.24. The molecule has 0 spiro atoms. The molecule has 2 heterocycles. The summed E-state index contributed by atoms with van der Waals surface area (Å²) in [6.45, 7) is 4.04. The lowest BCUT2D eigenvalue weighted by molar-refractivity contribution is -0.184. The number of esters is 1. The van der Waals surface area contributed by atoms with Crippen LogP contribution in [-0.4, -0.2) is 34.1 Å². The Morgan fingerprint density at radius 3 is 2.58 bits per heavy atom. The monoisotopic (exact) mass is 423 g/mol. The molecule has 6 nitrogen and oxygen atoms in total.